The molecule has 0 bridgehead atoms. The van der Waals surface area contributed by atoms with Crippen molar-refractivity contribution in [1.82, 2.24) is 3.12 Å². The van der Waals surface area contributed by atoms with Gasteiger partial charge in [0.1, 0.15) is 0 Å². The number of carbonyl (C=O) groups is 2. The first-order chi connectivity index (χ1) is 12.5. The van der Waals surface area contributed by atoms with Gasteiger partial charge in [-0.2, -0.15) is 0 Å². The molecule has 0 radical (unpaired) electrons. The molecule has 1 saturated heterocycles. The van der Waals surface area contributed by atoms with E-state index in [0.717, 1.165) is 7.16 Å². The van der Waals surface area contributed by atoms with Crippen molar-refractivity contribution in [3.63, 3.8) is 0 Å². The molecule has 1 atom stereocenters. The van der Waals surface area contributed by atoms with Gasteiger partial charge >= 0.3 is 159 Å². The van der Waals surface area contributed by atoms with Crippen LogP contribution < -0.4 is 12.9 Å². The van der Waals surface area contributed by atoms with Crippen LogP contribution in [-0.4, -0.2) is 46.6 Å². The van der Waals surface area contributed by atoms with E-state index in [4.69, 9.17) is 8.81 Å². The second-order valence-electron chi connectivity index (χ2n) is 6.91. The molecule has 1 heterocycles. The summed E-state index contributed by atoms with van der Waals surface area (Å²) in [6.07, 6.45) is 0.572. The van der Waals surface area contributed by atoms with Gasteiger partial charge < -0.3 is 0 Å². The maximum atomic E-state index is 12.9. The van der Waals surface area contributed by atoms with Crippen LogP contribution in [-0.2, 0) is 12.7 Å². The third-order valence-electron chi connectivity index (χ3n) is 4.64. The zero-order valence-corrected chi connectivity index (χ0v) is 17.9. The average molecular weight is 459 g/mol. The summed E-state index contributed by atoms with van der Waals surface area (Å²) in [4.78, 5) is 25.8. The van der Waals surface area contributed by atoms with Crippen molar-refractivity contribution in [3.05, 3.63) is 60.7 Å². The van der Waals surface area contributed by atoms with E-state index < -0.39 is 25.1 Å². The van der Waals surface area contributed by atoms with Gasteiger partial charge in [0.05, 0.1) is 0 Å². The molecule has 0 aliphatic carbocycles. The second-order valence-corrected chi connectivity index (χ2v) is 15.8. The molecule has 1 aliphatic heterocycles. The third-order valence-corrected chi connectivity index (χ3v) is 16.0. The van der Waals surface area contributed by atoms with E-state index in [-0.39, 0.29) is 24.3 Å². The molecular formula is C20H24N2O3Sn. The Balaban J connectivity index is 2.25. The zero-order valence-electron chi connectivity index (χ0n) is 15.1. The summed E-state index contributed by atoms with van der Waals surface area (Å²) >= 11 is -4.23. The molecule has 1 aliphatic rings. The van der Waals surface area contributed by atoms with Crippen LogP contribution >= 0.6 is 0 Å². The number of benzene rings is 2. The van der Waals surface area contributed by atoms with Crippen molar-refractivity contribution in [2.75, 3.05) is 6.54 Å². The number of rotatable bonds is 5. The van der Waals surface area contributed by atoms with Gasteiger partial charge in [-0.3, -0.25) is 0 Å². The van der Waals surface area contributed by atoms with Crippen LogP contribution in [0.1, 0.15) is 20.3 Å². The topological polar surface area (TPSA) is 72.6 Å². The van der Waals surface area contributed by atoms with Crippen molar-refractivity contribution >= 4 is 38.1 Å². The van der Waals surface area contributed by atoms with Crippen LogP contribution in [0.15, 0.2) is 60.7 Å². The summed E-state index contributed by atoms with van der Waals surface area (Å²) < 4.78 is 9.82. The van der Waals surface area contributed by atoms with Crippen molar-refractivity contribution in [2.45, 2.75) is 26.3 Å². The molecule has 136 valence electrons. The summed E-state index contributed by atoms with van der Waals surface area (Å²) in [5.74, 6) is -0.261. The van der Waals surface area contributed by atoms with Gasteiger partial charge in [0, 0.05) is 0 Å². The molecule has 2 aromatic carbocycles. The van der Waals surface area contributed by atoms with E-state index in [1.807, 2.05) is 74.5 Å². The number of nitrogens with zero attached hydrogens (tertiary/aromatic N) is 1. The first-order valence-electron chi connectivity index (χ1n) is 8.86. The molecule has 2 aromatic rings. The zero-order chi connectivity index (χ0) is 18.7. The first-order valence-corrected chi connectivity index (χ1v) is 14.2. The SMILES string of the molecule is CC(C)C[C@H]1C(=O)[O][Sn]([c]2ccccc2)([c]2ccccc2)[N]1C(=O)CN. The van der Waals surface area contributed by atoms with E-state index in [2.05, 4.69) is 0 Å². The quantitative estimate of drug-likeness (QED) is 0.678. The first kappa shape index (κ1) is 18.9. The fraction of sp³-hybridized carbons (Fsp3) is 0.300. The van der Waals surface area contributed by atoms with E-state index >= 15 is 0 Å². The van der Waals surface area contributed by atoms with Gasteiger partial charge in [0.15, 0.2) is 0 Å². The predicted molar refractivity (Wildman–Crippen MR) is 103 cm³/mol. The molecule has 1 fully saturated rings. The minimum absolute atomic E-state index is 0.135. The molecule has 0 saturated carbocycles. The molecule has 1 amide bonds. The van der Waals surface area contributed by atoms with Crippen LogP contribution in [0.5, 0.6) is 0 Å². The number of carbonyl (C=O) groups excluding carboxylic acids is 2. The molecule has 0 spiro atoms. The Morgan fingerprint density at radius 2 is 1.58 bits per heavy atom. The number of nitrogens with two attached hydrogens (primary N) is 1. The average Bonchev–Trinajstić information content (AvgIpc) is 2.95. The van der Waals surface area contributed by atoms with E-state index in [9.17, 15) is 9.59 Å². The maximum absolute atomic E-state index is 12.9. The van der Waals surface area contributed by atoms with Gasteiger partial charge in [0.2, 0.25) is 0 Å². The van der Waals surface area contributed by atoms with Crippen LogP contribution in [0.25, 0.3) is 0 Å². The Hall–Kier alpha value is -1.86. The molecule has 0 unspecified atom stereocenters. The Bertz CT molecular complexity index is 741. The Labute approximate surface area is 158 Å². The summed E-state index contributed by atoms with van der Waals surface area (Å²) in [6.45, 7) is 3.95. The Morgan fingerprint density at radius 3 is 2.00 bits per heavy atom. The van der Waals surface area contributed by atoms with Crippen molar-refractivity contribution < 1.29 is 12.7 Å². The second kappa shape index (κ2) is 7.80. The molecular weight excluding hydrogens is 435 g/mol. The van der Waals surface area contributed by atoms with E-state index in [1.54, 1.807) is 3.12 Å². The van der Waals surface area contributed by atoms with Crippen molar-refractivity contribution in [1.29, 1.82) is 0 Å². The van der Waals surface area contributed by atoms with E-state index in [0.29, 0.717) is 6.42 Å². The number of hydrogen-bond acceptors (Lipinski definition) is 4. The fourth-order valence-corrected chi connectivity index (χ4v) is 15.1. The fourth-order valence-electron chi connectivity index (χ4n) is 3.57. The van der Waals surface area contributed by atoms with Gasteiger partial charge in [-0.1, -0.05) is 0 Å². The van der Waals surface area contributed by atoms with Crippen molar-refractivity contribution in [2.24, 2.45) is 11.7 Å². The molecule has 2 N–H and O–H groups in total. The van der Waals surface area contributed by atoms with Gasteiger partial charge in [-0.25, -0.2) is 0 Å². The van der Waals surface area contributed by atoms with Gasteiger partial charge in [-0.05, 0) is 0 Å². The summed E-state index contributed by atoms with van der Waals surface area (Å²) in [6, 6.07) is 18.8. The van der Waals surface area contributed by atoms with Crippen LogP contribution in [0, 0.1) is 5.92 Å². The Kier molecular flexibility index (Phi) is 5.67. The number of hydrogen-bond donors (Lipinski definition) is 1. The predicted octanol–water partition coefficient (Wildman–Crippen LogP) is 1.00. The monoisotopic (exact) mass is 460 g/mol. The molecule has 6 heteroatoms. The third kappa shape index (κ3) is 3.25. The van der Waals surface area contributed by atoms with Gasteiger partial charge in [-0.15, -0.1) is 0 Å². The van der Waals surface area contributed by atoms with Gasteiger partial charge in [0.25, 0.3) is 0 Å². The Morgan fingerprint density at radius 1 is 1.08 bits per heavy atom. The van der Waals surface area contributed by atoms with Crippen LogP contribution in [0.3, 0.4) is 0 Å². The minimum atomic E-state index is -4.23. The normalized spacial score (nSPS) is 18.8. The number of amides is 1. The van der Waals surface area contributed by atoms with Crippen molar-refractivity contribution in [3.8, 4) is 0 Å². The summed E-state index contributed by atoms with van der Waals surface area (Å²) in [7, 11) is 0. The molecule has 0 aromatic heterocycles. The molecule has 26 heavy (non-hydrogen) atoms. The van der Waals surface area contributed by atoms with Crippen LogP contribution in [0.2, 0.25) is 0 Å². The van der Waals surface area contributed by atoms with Crippen LogP contribution in [0.4, 0.5) is 0 Å². The standard InChI is InChI=1S/C8H16N2O3.2C6H5.Sn/c1-5(2)3-6(8(12)13)10-7(11)4-9;2*1-2-4-6-5-3-1;/h5-6H,3-4,9H2,1-2H3,(H2,10,11,12,13);2*1-5H;/q;;;+2/p-2/t6-;;;/m0.../s1. The summed E-state index contributed by atoms with van der Waals surface area (Å²) in [5, 5.41) is 0. The van der Waals surface area contributed by atoms with E-state index in [1.165, 1.54) is 0 Å². The summed E-state index contributed by atoms with van der Waals surface area (Å²) in [5.41, 5.74) is 5.74. The molecule has 5 nitrogen and oxygen atoms in total. The molecule has 3 rings (SSSR count).